The minimum absolute atomic E-state index is 0.242. The number of benzene rings is 4. The number of thiocarbonyl (C=S) groups is 1. The first-order valence-electron chi connectivity index (χ1n) is 15.8. The third-order valence-electron chi connectivity index (χ3n) is 6.87. The Morgan fingerprint density at radius 3 is 1.75 bits per heavy atom. The van der Waals surface area contributed by atoms with Crippen LogP contribution in [0.4, 0.5) is 11.4 Å². The maximum absolute atomic E-state index is 13.4. The van der Waals surface area contributed by atoms with Crippen LogP contribution in [-0.4, -0.2) is 59.7 Å². The van der Waals surface area contributed by atoms with Crippen molar-refractivity contribution in [3.8, 4) is 23.0 Å². The van der Waals surface area contributed by atoms with Gasteiger partial charge in [-0.25, -0.2) is 0 Å². The second kappa shape index (κ2) is 18.7. The van der Waals surface area contributed by atoms with E-state index in [1.807, 2.05) is 50.2 Å². The smallest absolute Gasteiger partial charge is 0.286 e. The van der Waals surface area contributed by atoms with E-state index >= 15 is 0 Å². The van der Waals surface area contributed by atoms with Gasteiger partial charge in [0.25, 0.3) is 17.7 Å². The van der Waals surface area contributed by atoms with E-state index in [9.17, 15) is 14.4 Å². The zero-order valence-electron chi connectivity index (χ0n) is 27.9. The van der Waals surface area contributed by atoms with Crippen molar-refractivity contribution < 1.29 is 33.3 Å². The maximum atomic E-state index is 13.4. The highest BCUT2D eigenvalue weighted by atomic mass is 79.9. The Balaban J connectivity index is 1.27. The highest BCUT2D eigenvalue weighted by molar-refractivity contribution is 9.11. The van der Waals surface area contributed by atoms with Crippen LogP contribution < -0.4 is 29.6 Å². The molecule has 0 aromatic heterocycles. The molecule has 0 unspecified atom stereocenters. The second-order valence-corrected chi connectivity index (χ2v) is 14.1. The van der Waals surface area contributed by atoms with Crippen molar-refractivity contribution in [1.29, 1.82) is 0 Å². The molecular weight excluding hydrogens is 836 g/mol. The molecule has 1 saturated heterocycles. The monoisotopic (exact) mass is 866 g/mol. The summed E-state index contributed by atoms with van der Waals surface area (Å²) >= 11 is 13.6. The molecule has 268 valence electrons. The van der Waals surface area contributed by atoms with Crippen molar-refractivity contribution >= 4 is 102 Å². The molecule has 11 nitrogen and oxygen atoms in total. The van der Waals surface area contributed by atoms with Crippen LogP contribution in [0.15, 0.2) is 104 Å². The Bertz CT molecular complexity index is 2010. The molecular formula is C37H32Br2N4O7S2. The second-order valence-electron chi connectivity index (χ2n) is 10.7. The van der Waals surface area contributed by atoms with Crippen LogP contribution in [0, 0.1) is 0 Å². The average Bonchev–Trinajstić information content (AvgIpc) is 3.38. The van der Waals surface area contributed by atoms with Gasteiger partial charge in [0, 0.05) is 11.4 Å². The van der Waals surface area contributed by atoms with Crippen LogP contribution in [0.25, 0.3) is 6.08 Å². The lowest BCUT2D eigenvalue weighted by Crippen LogP contribution is -2.22. The third-order valence-corrected chi connectivity index (χ3v) is 9.33. The van der Waals surface area contributed by atoms with Crippen LogP contribution in [0.2, 0.25) is 0 Å². The van der Waals surface area contributed by atoms with Crippen molar-refractivity contribution in [1.82, 2.24) is 5.01 Å². The van der Waals surface area contributed by atoms with Crippen LogP contribution in [0.3, 0.4) is 0 Å². The fourth-order valence-corrected chi connectivity index (χ4v) is 7.01. The number of carbonyl (C=O) groups is 3. The number of rotatable bonds is 15. The Labute approximate surface area is 327 Å². The summed E-state index contributed by atoms with van der Waals surface area (Å²) in [5.41, 5.74) is 2.54. The summed E-state index contributed by atoms with van der Waals surface area (Å²) in [6, 6.07) is 25.0. The molecule has 0 bridgehead atoms. The molecule has 52 heavy (non-hydrogen) atoms. The third kappa shape index (κ3) is 10.4. The summed E-state index contributed by atoms with van der Waals surface area (Å²) in [6.45, 7) is 3.86. The largest absolute Gasteiger partial charge is 0.490 e. The minimum atomic E-state index is -0.410. The summed E-state index contributed by atoms with van der Waals surface area (Å²) < 4.78 is 24.6. The zero-order valence-corrected chi connectivity index (χ0v) is 32.7. The summed E-state index contributed by atoms with van der Waals surface area (Å²) in [5.74, 6) is 0.405. The SMILES string of the molecule is CCOc1cc(C=NN2C(=O)C(=Cc3cc(Br)c(OCC(=O)Nc4ccccc4)c(OCC)c3)SC2=S)cc(Br)c1OCC(=O)Nc1ccccc1. The molecule has 0 saturated carbocycles. The summed E-state index contributed by atoms with van der Waals surface area (Å²) in [5, 5.41) is 11.1. The maximum Gasteiger partial charge on any atom is 0.286 e. The molecule has 0 atom stereocenters. The van der Waals surface area contributed by atoms with Gasteiger partial charge in [-0.2, -0.15) is 10.1 Å². The Morgan fingerprint density at radius 1 is 0.769 bits per heavy atom. The minimum Gasteiger partial charge on any atom is -0.490 e. The molecule has 15 heteroatoms. The van der Waals surface area contributed by atoms with Crippen molar-refractivity contribution in [2.75, 3.05) is 37.1 Å². The molecule has 1 aliphatic heterocycles. The fourth-order valence-electron chi connectivity index (χ4n) is 4.69. The Hall–Kier alpha value is -4.70. The van der Waals surface area contributed by atoms with Gasteiger partial charge in [-0.1, -0.05) is 48.2 Å². The summed E-state index contributed by atoms with van der Waals surface area (Å²) in [7, 11) is 0. The van der Waals surface area contributed by atoms with Gasteiger partial charge in [0.05, 0.1) is 33.3 Å². The topological polar surface area (TPSA) is 128 Å². The lowest BCUT2D eigenvalue weighted by atomic mass is 10.2. The molecule has 1 aliphatic rings. The fraction of sp³-hybridized carbons (Fsp3) is 0.162. The van der Waals surface area contributed by atoms with Crippen LogP contribution in [-0.2, 0) is 14.4 Å². The molecule has 4 aromatic rings. The molecule has 1 heterocycles. The number of nitrogens with one attached hydrogen (secondary N) is 2. The Kier molecular flexibility index (Phi) is 13.8. The standard InChI is InChI=1S/C37H32Br2N4O7S2/c1-3-47-29-17-23(15-27(38)34(29)49-21-32(44)41-25-11-7-5-8-12-25)19-31-36(46)43(37(51)52-31)40-20-24-16-28(39)35(30(18-24)48-4-2)50-22-33(45)42-26-13-9-6-10-14-26/h5-20H,3-4,21-22H2,1-2H3,(H,41,44)(H,42,45). The number of thioether (sulfide) groups is 1. The van der Waals surface area contributed by atoms with E-state index < -0.39 is 5.91 Å². The molecule has 1 fully saturated rings. The Morgan fingerprint density at radius 2 is 1.25 bits per heavy atom. The number of halogens is 2. The average molecular weight is 869 g/mol. The van der Waals surface area contributed by atoms with E-state index in [1.54, 1.807) is 54.6 Å². The number of anilines is 2. The number of nitrogens with zero attached hydrogens (tertiary/aromatic N) is 2. The highest BCUT2D eigenvalue weighted by Gasteiger charge is 2.32. The number of hydrogen-bond donors (Lipinski definition) is 2. The molecule has 0 spiro atoms. The lowest BCUT2D eigenvalue weighted by molar-refractivity contribution is -0.122. The molecule has 0 radical (unpaired) electrons. The first-order chi connectivity index (χ1) is 25.1. The van der Waals surface area contributed by atoms with Crippen LogP contribution >= 0.6 is 55.8 Å². The number of ether oxygens (including phenoxy) is 4. The molecule has 5 rings (SSSR count). The van der Waals surface area contributed by atoms with Crippen molar-refractivity contribution in [3.05, 3.63) is 110 Å². The van der Waals surface area contributed by atoms with Gasteiger partial charge in [-0.15, -0.1) is 0 Å². The van der Waals surface area contributed by atoms with E-state index in [-0.39, 0.29) is 29.3 Å². The number of carbonyl (C=O) groups excluding carboxylic acids is 3. The lowest BCUT2D eigenvalue weighted by Gasteiger charge is -2.15. The molecule has 4 aromatic carbocycles. The van der Waals surface area contributed by atoms with Crippen molar-refractivity contribution in [2.45, 2.75) is 13.8 Å². The van der Waals surface area contributed by atoms with Crippen LogP contribution in [0.1, 0.15) is 25.0 Å². The van der Waals surface area contributed by atoms with Gasteiger partial charge in [0.1, 0.15) is 0 Å². The predicted molar refractivity (Wildman–Crippen MR) is 214 cm³/mol. The van der Waals surface area contributed by atoms with Gasteiger partial charge in [0.2, 0.25) is 0 Å². The van der Waals surface area contributed by atoms with E-state index in [0.29, 0.717) is 72.6 Å². The zero-order chi connectivity index (χ0) is 37.0. The predicted octanol–water partition coefficient (Wildman–Crippen LogP) is 8.28. The molecule has 3 amide bonds. The van der Waals surface area contributed by atoms with Gasteiger partial charge in [0.15, 0.2) is 40.5 Å². The number of hydrazone groups is 1. The van der Waals surface area contributed by atoms with Crippen LogP contribution in [0.5, 0.6) is 23.0 Å². The van der Waals surface area contributed by atoms with E-state index in [2.05, 4.69) is 47.6 Å². The normalized spacial score (nSPS) is 13.4. The first-order valence-corrected chi connectivity index (χ1v) is 18.7. The van der Waals surface area contributed by atoms with Gasteiger partial charge in [-0.3, -0.25) is 14.4 Å². The van der Waals surface area contributed by atoms with Gasteiger partial charge in [-0.05, 0) is 124 Å². The molecule has 0 aliphatic carbocycles. The summed E-state index contributed by atoms with van der Waals surface area (Å²) in [6.07, 6.45) is 3.16. The first kappa shape index (κ1) is 38.5. The van der Waals surface area contributed by atoms with Crippen molar-refractivity contribution in [2.24, 2.45) is 5.10 Å². The number of amides is 3. The van der Waals surface area contributed by atoms with Gasteiger partial charge >= 0.3 is 0 Å². The summed E-state index contributed by atoms with van der Waals surface area (Å²) in [4.78, 5) is 38.7. The number of para-hydroxylation sites is 2. The number of hydrogen-bond acceptors (Lipinski definition) is 10. The van der Waals surface area contributed by atoms with E-state index in [1.165, 1.54) is 6.21 Å². The molecule has 2 N–H and O–H groups in total. The van der Waals surface area contributed by atoms with E-state index in [4.69, 9.17) is 31.2 Å². The van der Waals surface area contributed by atoms with Crippen molar-refractivity contribution in [3.63, 3.8) is 0 Å². The van der Waals surface area contributed by atoms with E-state index in [0.717, 1.165) is 16.8 Å². The van der Waals surface area contributed by atoms with Gasteiger partial charge < -0.3 is 29.6 Å². The quantitative estimate of drug-likeness (QED) is 0.0690. The highest BCUT2D eigenvalue weighted by Crippen LogP contribution is 2.40.